The van der Waals surface area contributed by atoms with Crippen LogP contribution in [0.4, 0.5) is 0 Å². The van der Waals surface area contributed by atoms with Gasteiger partial charge in [-0.05, 0) is 44.2 Å². The number of carbonyl (C=O) groups excluding carboxylic acids is 3. The minimum Gasteiger partial charge on any atom is -0.391 e. The molecule has 1 aromatic carbocycles. The molecule has 11 nitrogen and oxygen atoms in total. The third-order valence-corrected chi connectivity index (χ3v) is 8.23. The van der Waals surface area contributed by atoms with Gasteiger partial charge in [0.25, 0.3) is 0 Å². The SMILES string of the molecule is CCOC(COCC(=O)N[C@H](C(=O)N1C[C@H](O)C[C@H]1C(=O)N[C@@H](C)c1ccc(-c2scnc2C)cc1)C(C)(C)C)OCC. The van der Waals surface area contributed by atoms with E-state index in [1.165, 1.54) is 4.90 Å². The number of nitrogens with one attached hydrogen (secondary N) is 2. The van der Waals surface area contributed by atoms with E-state index in [1.54, 1.807) is 11.3 Å². The lowest BCUT2D eigenvalue weighted by Gasteiger charge is -2.35. The van der Waals surface area contributed by atoms with Crippen molar-refractivity contribution >= 4 is 29.1 Å². The molecule has 1 fully saturated rings. The number of hydrogen-bond donors (Lipinski definition) is 3. The highest BCUT2D eigenvalue weighted by atomic mass is 32.1. The van der Waals surface area contributed by atoms with Crippen molar-refractivity contribution in [2.45, 2.75) is 85.4 Å². The number of nitrogens with zero attached hydrogens (tertiary/aromatic N) is 2. The van der Waals surface area contributed by atoms with Crippen LogP contribution in [0.2, 0.25) is 0 Å². The van der Waals surface area contributed by atoms with Gasteiger partial charge in [0.1, 0.15) is 18.7 Å². The number of carbonyl (C=O) groups is 3. The van der Waals surface area contributed by atoms with Crippen LogP contribution in [0.1, 0.15) is 65.3 Å². The molecule has 1 aliphatic rings. The van der Waals surface area contributed by atoms with E-state index in [-0.39, 0.29) is 38.1 Å². The van der Waals surface area contributed by atoms with Crippen LogP contribution in [0.3, 0.4) is 0 Å². The first-order valence-electron chi connectivity index (χ1n) is 14.7. The first kappa shape index (κ1) is 34.6. The maximum Gasteiger partial charge on any atom is 0.246 e. The van der Waals surface area contributed by atoms with Crippen molar-refractivity contribution in [3.8, 4) is 10.4 Å². The standard InChI is InChI=1S/C31H46N4O7S/c1-8-41-26(42-9-2)17-40-16-25(37)34-28(31(5,6)7)30(39)35-15-23(36)14-24(35)29(38)33-19(3)21-10-12-22(13-11-21)27-20(4)32-18-43-27/h10-13,18-19,23-24,26,28,36H,8-9,14-17H2,1-7H3,(H,33,38)(H,34,37)/t19-,23+,24-,28+/m0/s1. The Morgan fingerprint density at radius 1 is 1.12 bits per heavy atom. The van der Waals surface area contributed by atoms with Gasteiger partial charge in [-0.1, -0.05) is 45.0 Å². The number of aliphatic hydroxyl groups is 1. The van der Waals surface area contributed by atoms with Crippen molar-refractivity contribution in [3.63, 3.8) is 0 Å². The molecule has 3 N–H and O–H groups in total. The second-order valence-electron chi connectivity index (χ2n) is 11.7. The largest absolute Gasteiger partial charge is 0.391 e. The molecule has 0 radical (unpaired) electrons. The van der Waals surface area contributed by atoms with Gasteiger partial charge in [-0.2, -0.15) is 0 Å². The molecule has 0 saturated carbocycles. The zero-order chi connectivity index (χ0) is 31.7. The number of amides is 3. The van der Waals surface area contributed by atoms with Crippen molar-refractivity contribution in [2.24, 2.45) is 5.41 Å². The van der Waals surface area contributed by atoms with Crippen molar-refractivity contribution in [1.29, 1.82) is 0 Å². The van der Waals surface area contributed by atoms with Crippen LogP contribution in [-0.4, -0.2) is 90.2 Å². The summed E-state index contributed by atoms with van der Waals surface area (Å²) < 4.78 is 16.3. The van der Waals surface area contributed by atoms with Gasteiger partial charge < -0.3 is 34.9 Å². The van der Waals surface area contributed by atoms with Gasteiger partial charge in [0, 0.05) is 26.2 Å². The minimum absolute atomic E-state index is 0.00244. The average Bonchev–Trinajstić information content (AvgIpc) is 3.56. The highest BCUT2D eigenvalue weighted by Crippen LogP contribution is 2.29. The van der Waals surface area contributed by atoms with Gasteiger partial charge in [-0.3, -0.25) is 14.4 Å². The van der Waals surface area contributed by atoms with Crippen molar-refractivity contribution in [1.82, 2.24) is 20.5 Å². The summed E-state index contributed by atoms with van der Waals surface area (Å²) in [5.41, 5.74) is 4.08. The molecule has 3 amide bonds. The van der Waals surface area contributed by atoms with Gasteiger partial charge in [0.15, 0.2) is 6.29 Å². The third-order valence-electron chi connectivity index (χ3n) is 7.25. The van der Waals surface area contributed by atoms with Crippen LogP contribution in [0, 0.1) is 12.3 Å². The molecule has 0 bridgehead atoms. The summed E-state index contributed by atoms with van der Waals surface area (Å²) in [4.78, 5) is 46.8. The zero-order valence-corrected chi connectivity index (χ0v) is 27.0. The van der Waals surface area contributed by atoms with E-state index in [1.807, 2.05) is 78.2 Å². The highest BCUT2D eigenvalue weighted by Gasteiger charge is 2.44. The number of thiazole rings is 1. The van der Waals surface area contributed by atoms with Crippen molar-refractivity contribution in [3.05, 3.63) is 41.0 Å². The molecule has 43 heavy (non-hydrogen) atoms. The van der Waals surface area contributed by atoms with E-state index in [2.05, 4.69) is 15.6 Å². The number of aryl methyl sites for hydroxylation is 1. The predicted molar refractivity (Wildman–Crippen MR) is 164 cm³/mol. The van der Waals surface area contributed by atoms with E-state index in [0.717, 1.165) is 21.7 Å². The molecule has 1 aliphatic heterocycles. The molecule has 2 heterocycles. The molecule has 3 rings (SSSR count). The van der Waals surface area contributed by atoms with Gasteiger partial charge in [0.2, 0.25) is 17.7 Å². The number of aliphatic hydroxyl groups excluding tert-OH is 1. The van der Waals surface area contributed by atoms with Crippen LogP contribution in [0.15, 0.2) is 29.8 Å². The van der Waals surface area contributed by atoms with E-state index in [4.69, 9.17) is 14.2 Å². The first-order valence-corrected chi connectivity index (χ1v) is 15.6. The summed E-state index contributed by atoms with van der Waals surface area (Å²) in [7, 11) is 0. The smallest absolute Gasteiger partial charge is 0.246 e. The Hall–Kier alpha value is -2.90. The summed E-state index contributed by atoms with van der Waals surface area (Å²) in [6.07, 6.45) is -1.33. The summed E-state index contributed by atoms with van der Waals surface area (Å²) in [5.74, 6) is -1.28. The molecule has 1 aromatic heterocycles. The summed E-state index contributed by atoms with van der Waals surface area (Å²) >= 11 is 1.58. The van der Waals surface area contributed by atoms with E-state index >= 15 is 0 Å². The summed E-state index contributed by atoms with van der Waals surface area (Å²) in [6.45, 7) is 13.7. The van der Waals surface area contributed by atoms with Crippen LogP contribution >= 0.6 is 11.3 Å². The Morgan fingerprint density at radius 3 is 2.33 bits per heavy atom. The van der Waals surface area contributed by atoms with E-state index in [0.29, 0.717) is 13.2 Å². The number of hydrogen-bond acceptors (Lipinski definition) is 9. The molecule has 12 heteroatoms. The number of aromatic nitrogens is 1. The fraction of sp³-hybridized carbons (Fsp3) is 0.613. The summed E-state index contributed by atoms with van der Waals surface area (Å²) in [5, 5.41) is 16.3. The quantitative estimate of drug-likeness (QED) is 0.275. The lowest BCUT2D eigenvalue weighted by Crippen LogP contribution is -2.58. The highest BCUT2D eigenvalue weighted by molar-refractivity contribution is 7.13. The Morgan fingerprint density at radius 2 is 1.77 bits per heavy atom. The molecular weight excluding hydrogens is 572 g/mol. The fourth-order valence-corrected chi connectivity index (χ4v) is 5.79. The maximum atomic E-state index is 13.8. The monoisotopic (exact) mass is 618 g/mol. The van der Waals surface area contributed by atoms with Crippen LogP contribution in [-0.2, 0) is 28.6 Å². The normalized spacial score (nSPS) is 18.5. The lowest BCUT2D eigenvalue weighted by atomic mass is 9.85. The molecule has 0 unspecified atom stereocenters. The molecule has 0 aliphatic carbocycles. The van der Waals surface area contributed by atoms with Crippen molar-refractivity contribution < 1.29 is 33.7 Å². The predicted octanol–water partition coefficient (Wildman–Crippen LogP) is 3.20. The molecule has 0 spiro atoms. The van der Waals surface area contributed by atoms with Crippen molar-refractivity contribution in [2.75, 3.05) is 33.0 Å². The van der Waals surface area contributed by atoms with Crippen LogP contribution in [0.5, 0.6) is 0 Å². The van der Waals surface area contributed by atoms with Gasteiger partial charge >= 0.3 is 0 Å². The Balaban J connectivity index is 1.64. The van der Waals surface area contributed by atoms with Crippen LogP contribution in [0.25, 0.3) is 10.4 Å². The van der Waals surface area contributed by atoms with Crippen LogP contribution < -0.4 is 10.6 Å². The Bertz CT molecular complexity index is 1210. The number of ether oxygens (including phenoxy) is 3. The van der Waals surface area contributed by atoms with E-state index in [9.17, 15) is 19.5 Å². The molecule has 4 atom stereocenters. The Kier molecular flexibility index (Phi) is 12.6. The molecule has 1 saturated heterocycles. The molecular formula is C31H46N4O7S. The topological polar surface area (TPSA) is 139 Å². The number of β-amino-alcohol motifs (C(OH)–C–C–N with tert-alkyl or cyclic N) is 1. The van der Waals surface area contributed by atoms with E-state index < -0.39 is 41.7 Å². The zero-order valence-electron chi connectivity index (χ0n) is 26.2. The Labute approximate surface area is 258 Å². The molecule has 238 valence electrons. The van der Waals surface area contributed by atoms with Gasteiger partial charge in [0.05, 0.1) is 34.8 Å². The fourth-order valence-electron chi connectivity index (χ4n) is 4.98. The lowest BCUT2D eigenvalue weighted by molar-refractivity contribution is -0.169. The first-order chi connectivity index (χ1) is 20.3. The second kappa shape index (κ2) is 15.7. The third kappa shape index (κ3) is 9.54. The number of likely N-dealkylation sites (tertiary alicyclic amines) is 1. The van der Waals surface area contributed by atoms with Gasteiger partial charge in [-0.15, -0.1) is 11.3 Å². The second-order valence-corrected chi connectivity index (χ2v) is 12.6. The molecule has 2 aromatic rings. The summed E-state index contributed by atoms with van der Waals surface area (Å²) in [6, 6.07) is 5.78. The number of rotatable bonds is 14. The maximum absolute atomic E-state index is 13.8. The number of benzene rings is 1. The van der Waals surface area contributed by atoms with Gasteiger partial charge in [-0.25, -0.2) is 4.98 Å². The average molecular weight is 619 g/mol. The minimum atomic E-state index is -0.945.